The molecule has 0 unspecified atom stereocenters. The number of nitro benzene ring substituents is 1. The number of benzene rings is 1. The molecule has 1 amide bonds. The number of halogens is 9. The van der Waals surface area contributed by atoms with Crippen molar-refractivity contribution in [1.29, 1.82) is 0 Å². The van der Waals surface area contributed by atoms with Gasteiger partial charge in [0.2, 0.25) is 0 Å². The number of amides is 1. The van der Waals surface area contributed by atoms with Crippen LogP contribution in [-0.4, -0.2) is 28.9 Å². The molecular weight excluding hydrogens is 400 g/mol. The number of hydrogen-bond donors (Lipinski definition) is 1. The zero-order valence-electron chi connectivity index (χ0n) is 10.7. The molecule has 0 fully saturated rings. The molecule has 0 aliphatic rings. The molecule has 0 saturated heterocycles. The number of carbonyl (C=O) groups is 1. The number of nitrogens with one attached hydrogen (secondary N) is 1. The first kappa shape index (κ1) is 20.2. The zero-order valence-corrected chi connectivity index (χ0v) is 12.2. The highest BCUT2D eigenvalue weighted by atomic mass is 35.5. The van der Waals surface area contributed by atoms with Crippen molar-refractivity contribution in [3.05, 3.63) is 32.3 Å². The predicted octanol–water partition coefficient (Wildman–Crippen LogP) is 4.67. The molecule has 1 aromatic carbocycles. The Morgan fingerprint density at radius 3 is 1.83 bits per heavy atom. The third kappa shape index (κ3) is 3.48. The van der Waals surface area contributed by atoms with Gasteiger partial charge in [-0.2, -0.15) is 26.3 Å². The maximum absolute atomic E-state index is 13.5. The van der Waals surface area contributed by atoms with Gasteiger partial charge in [0.05, 0.1) is 15.6 Å². The normalized spacial score (nSPS) is 12.9. The lowest BCUT2D eigenvalue weighted by molar-refractivity contribution is -0.384. The molecule has 1 N–H and O–H groups in total. The van der Waals surface area contributed by atoms with Crippen molar-refractivity contribution in [1.82, 2.24) is 0 Å². The van der Waals surface area contributed by atoms with Crippen LogP contribution in [0.4, 0.5) is 42.1 Å². The quantitative estimate of drug-likeness (QED) is 0.453. The van der Waals surface area contributed by atoms with E-state index in [-0.39, 0.29) is 0 Å². The number of nitro groups is 1. The molecule has 0 aliphatic heterocycles. The van der Waals surface area contributed by atoms with Crippen LogP contribution in [0.25, 0.3) is 0 Å². The van der Waals surface area contributed by atoms with Crippen molar-refractivity contribution in [2.45, 2.75) is 18.0 Å². The van der Waals surface area contributed by atoms with Gasteiger partial charge < -0.3 is 5.32 Å². The molecule has 134 valence electrons. The molecule has 0 aliphatic carbocycles. The van der Waals surface area contributed by atoms with Gasteiger partial charge in [0, 0.05) is 6.07 Å². The third-order valence-corrected chi connectivity index (χ3v) is 3.19. The number of anilines is 1. The molecule has 0 aromatic heterocycles. The summed E-state index contributed by atoms with van der Waals surface area (Å²) in [5.41, 5.74) is -8.04. The SMILES string of the molecule is O=C(Nc1cc(Cl)c([N+](=O)[O-])cc1Cl)C(F)(C(F)(F)F)C(F)(F)F. The molecule has 0 saturated carbocycles. The molecule has 0 heterocycles. The largest absolute Gasteiger partial charge is 0.441 e. The monoisotopic (exact) mass is 402 g/mol. The predicted molar refractivity (Wildman–Crippen MR) is 67.7 cm³/mol. The minimum Gasteiger partial charge on any atom is -0.321 e. The highest BCUT2D eigenvalue weighted by molar-refractivity contribution is 6.37. The third-order valence-electron chi connectivity index (χ3n) is 2.58. The van der Waals surface area contributed by atoms with Crippen molar-refractivity contribution in [2.75, 3.05) is 5.32 Å². The van der Waals surface area contributed by atoms with E-state index < -0.39 is 50.3 Å². The molecule has 24 heavy (non-hydrogen) atoms. The maximum atomic E-state index is 13.5. The molecule has 0 atom stereocenters. The van der Waals surface area contributed by atoms with E-state index in [1.165, 1.54) is 0 Å². The fourth-order valence-corrected chi connectivity index (χ4v) is 1.84. The van der Waals surface area contributed by atoms with Crippen LogP contribution in [0.3, 0.4) is 0 Å². The van der Waals surface area contributed by atoms with E-state index >= 15 is 0 Å². The van der Waals surface area contributed by atoms with Gasteiger partial charge in [-0.25, -0.2) is 4.39 Å². The van der Waals surface area contributed by atoms with Crippen LogP contribution in [0.1, 0.15) is 0 Å². The minimum atomic E-state index is -6.62. The zero-order chi connectivity index (χ0) is 19.1. The summed E-state index contributed by atoms with van der Waals surface area (Å²) in [5, 5.41) is 9.94. The summed E-state index contributed by atoms with van der Waals surface area (Å²) in [6, 6.07) is 0.869. The van der Waals surface area contributed by atoms with Crippen molar-refractivity contribution < 1.29 is 40.5 Å². The van der Waals surface area contributed by atoms with E-state index in [0.717, 1.165) is 5.32 Å². The van der Waals surface area contributed by atoms with Gasteiger partial charge in [-0.3, -0.25) is 14.9 Å². The summed E-state index contributed by atoms with van der Waals surface area (Å²) in [6.07, 6.45) is -13.2. The number of carbonyl (C=O) groups excluding carboxylic acids is 1. The van der Waals surface area contributed by atoms with Gasteiger partial charge in [-0.15, -0.1) is 0 Å². The number of hydrogen-bond acceptors (Lipinski definition) is 3. The van der Waals surface area contributed by atoms with Gasteiger partial charge in [0.15, 0.2) is 0 Å². The Bertz CT molecular complexity index is 676. The van der Waals surface area contributed by atoms with E-state index in [4.69, 9.17) is 23.2 Å². The molecule has 1 aromatic rings. The standard InChI is InChI=1S/C10H3Cl2F7N2O3/c11-3-2-6(21(23)24)4(12)1-5(3)20-7(22)8(13,9(14,15)16)10(17,18)19/h1-2H,(H,20,22). The molecule has 14 heteroatoms. The average molecular weight is 403 g/mol. The van der Waals surface area contributed by atoms with Crippen molar-refractivity contribution in [2.24, 2.45) is 0 Å². The number of nitrogens with zero attached hydrogens (tertiary/aromatic N) is 1. The smallest absolute Gasteiger partial charge is 0.321 e. The summed E-state index contributed by atoms with van der Waals surface area (Å²) in [7, 11) is 0. The Kier molecular flexibility index (Phi) is 5.26. The van der Waals surface area contributed by atoms with E-state index in [1.54, 1.807) is 0 Å². The fraction of sp³-hybridized carbons (Fsp3) is 0.300. The van der Waals surface area contributed by atoms with E-state index in [9.17, 15) is 45.6 Å². The molecule has 1 rings (SSSR count). The highest BCUT2D eigenvalue weighted by Crippen LogP contribution is 2.47. The van der Waals surface area contributed by atoms with Crippen LogP contribution in [-0.2, 0) is 4.79 Å². The van der Waals surface area contributed by atoms with Crippen LogP contribution in [0.15, 0.2) is 12.1 Å². The Hall–Kier alpha value is -1.82. The van der Waals surface area contributed by atoms with E-state index in [0.29, 0.717) is 12.1 Å². The maximum Gasteiger partial charge on any atom is 0.441 e. The molecule has 0 radical (unpaired) electrons. The first-order valence-electron chi connectivity index (χ1n) is 5.40. The summed E-state index contributed by atoms with van der Waals surface area (Å²) in [5.74, 6) is -3.13. The lowest BCUT2D eigenvalue weighted by atomic mass is 10.0. The Morgan fingerprint density at radius 1 is 1.00 bits per heavy atom. The first-order chi connectivity index (χ1) is 10.6. The molecular formula is C10H3Cl2F7N2O3. The number of alkyl halides is 7. The van der Waals surface area contributed by atoms with Crippen LogP contribution in [0.2, 0.25) is 10.0 Å². The second kappa shape index (κ2) is 6.24. The first-order valence-corrected chi connectivity index (χ1v) is 6.15. The topological polar surface area (TPSA) is 72.2 Å². The lowest BCUT2D eigenvalue weighted by Gasteiger charge is -2.28. The molecule has 5 nitrogen and oxygen atoms in total. The van der Waals surface area contributed by atoms with Gasteiger partial charge in [0.25, 0.3) is 11.6 Å². The summed E-state index contributed by atoms with van der Waals surface area (Å²) in [6.45, 7) is 0. The van der Waals surface area contributed by atoms with Gasteiger partial charge >= 0.3 is 18.0 Å². The minimum absolute atomic E-state index is 0.410. The molecule has 0 bridgehead atoms. The summed E-state index contributed by atoms with van der Waals surface area (Å²) < 4.78 is 87.9. The van der Waals surface area contributed by atoms with Crippen LogP contribution in [0.5, 0.6) is 0 Å². The van der Waals surface area contributed by atoms with Crippen molar-refractivity contribution in [3.63, 3.8) is 0 Å². The van der Waals surface area contributed by atoms with Gasteiger partial charge in [-0.05, 0) is 6.07 Å². The summed E-state index contributed by atoms with van der Waals surface area (Å²) >= 11 is 10.8. The van der Waals surface area contributed by atoms with Crippen molar-refractivity contribution >= 4 is 40.5 Å². The average Bonchev–Trinajstić information content (AvgIpc) is 2.38. The second-order valence-electron chi connectivity index (χ2n) is 4.15. The van der Waals surface area contributed by atoms with Crippen LogP contribution >= 0.6 is 23.2 Å². The van der Waals surface area contributed by atoms with Crippen LogP contribution in [0, 0.1) is 10.1 Å². The highest BCUT2D eigenvalue weighted by Gasteiger charge is 2.77. The van der Waals surface area contributed by atoms with Gasteiger partial charge in [0.1, 0.15) is 5.02 Å². The second-order valence-corrected chi connectivity index (χ2v) is 4.96. The fourth-order valence-electron chi connectivity index (χ4n) is 1.40. The van der Waals surface area contributed by atoms with Crippen molar-refractivity contribution in [3.8, 4) is 0 Å². The molecule has 0 spiro atoms. The van der Waals surface area contributed by atoms with E-state index in [2.05, 4.69) is 0 Å². The summed E-state index contributed by atoms with van der Waals surface area (Å²) in [4.78, 5) is 20.7. The van der Waals surface area contributed by atoms with Crippen LogP contribution < -0.4 is 5.32 Å². The Balaban J connectivity index is 3.32. The number of rotatable bonds is 3. The van der Waals surface area contributed by atoms with E-state index in [1.807, 2.05) is 0 Å². The Morgan fingerprint density at radius 2 is 1.46 bits per heavy atom. The van der Waals surface area contributed by atoms with Gasteiger partial charge in [-0.1, -0.05) is 23.2 Å². The lowest BCUT2D eigenvalue weighted by Crippen LogP contribution is -2.60. The Labute approximate surface area is 137 Å².